The van der Waals surface area contributed by atoms with E-state index in [1.165, 1.54) is 6.92 Å². The number of carbonyl (C=O) groups excluding carboxylic acids is 1. The van der Waals surface area contributed by atoms with Crippen molar-refractivity contribution in [1.82, 2.24) is 0 Å². The summed E-state index contributed by atoms with van der Waals surface area (Å²) < 4.78 is 0. The zero-order valence-corrected chi connectivity index (χ0v) is 11.2. The molecule has 0 aliphatic heterocycles. The number of aliphatic hydroxyl groups excluding tert-OH is 4. The molecule has 0 aliphatic rings. The third kappa shape index (κ3) is 3.94. The van der Waals surface area contributed by atoms with Gasteiger partial charge < -0.3 is 35.4 Å². The molecule has 0 radical (unpaired) electrons. The fraction of sp³-hybridized carbons (Fsp3) is 0.875. The fourth-order valence-electron chi connectivity index (χ4n) is 1.08. The summed E-state index contributed by atoms with van der Waals surface area (Å²) >= 11 is 0. The van der Waals surface area contributed by atoms with Crippen LogP contribution in [0.15, 0.2) is 0 Å². The average Bonchev–Trinajstić information content (AvgIpc) is 2.24. The van der Waals surface area contributed by atoms with Gasteiger partial charge >= 0.3 is 29.6 Å². The van der Waals surface area contributed by atoms with Crippen molar-refractivity contribution in [2.24, 2.45) is 0 Å². The van der Waals surface area contributed by atoms with Crippen LogP contribution in [0.25, 0.3) is 0 Å². The zero-order chi connectivity index (χ0) is 12.2. The van der Waals surface area contributed by atoms with Crippen molar-refractivity contribution in [2.45, 2.75) is 37.3 Å². The minimum absolute atomic E-state index is 0. The van der Waals surface area contributed by atoms with Gasteiger partial charge in [-0.3, -0.25) is 0 Å². The summed E-state index contributed by atoms with van der Waals surface area (Å²) in [6.45, 7) is 0.391. The van der Waals surface area contributed by atoms with E-state index >= 15 is 0 Å². The summed E-state index contributed by atoms with van der Waals surface area (Å²) in [4.78, 5) is 10.5. The molecular formula is C8H15NaO7. The van der Waals surface area contributed by atoms with E-state index in [1.807, 2.05) is 0 Å². The molecule has 5 N–H and O–H groups in total. The number of carbonyl (C=O) groups is 1. The second-order valence-electron chi connectivity index (χ2n) is 3.25. The molecule has 0 bridgehead atoms. The Bertz CT molecular complexity index is 224. The zero-order valence-electron chi connectivity index (χ0n) is 9.20. The Morgan fingerprint density at radius 1 is 1.38 bits per heavy atom. The minimum Gasteiger partial charge on any atom is -0.547 e. The molecule has 0 fully saturated rings. The van der Waals surface area contributed by atoms with Crippen LogP contribution in [-0.2, 0) is 4.79 Å². The summed E-state index contributed by atoms with van der Waals surface area (Å²) in [5.74, 6) is -1.96. The Hall–Kier alpha value is 0.270. The number of carboxylic acids is 1. The molecule has 0 saturated heterocycles. The van der Waals surface area contributed by atoms with E-state index in [1.54, 1.807) is 0 Å². The van der Waals surface area contributed by atoms with Gasteiger partial charge in [-0.1, -0.05) is 6.92 Å². The summed E-state index contributed by atoms with van der Waals surface area (Å²) in [6.07, 6.45) is -6.27. The normalized spacial score (nSPS) is 20.1. The van der Waals surface area contributed by atoms with Crippen LogP contribution in [0, 0.1) is 0 Å². The van der Waals surface area contributed by atoms with Gasteiger partial charge in [0.05, 0.1) is 12.6 Å². The van der Waals surface area contributed by atoms with Crippen LogP contribution >= 0.6 is 0 Å². The van der Waals surface area contributed by atoms with Crippen molar-refractivity contribution < 1.29 is 65.0 Å². The topological polar surface area (TPSA) is 141 Å². The molecule has 7 nitrogen and oxygen atoms in total. The monoisotopic (exact) mass is 246 g/mol. The first-order chi connectivity index (χ1) is 6.81. The standard InChI is InChI=1S/C8H16O7.Na/c1-2-8(15,7(13)14)6(12)5(11)4(10)3-9;/h4-6,9-12,15H,2-3H2,1H3,(H,13,14);/q;+1/p-1. The van der Waals surface area contributed by atoms with E-state index in [-0.39, 0.29) is 29.6 Å². The van der Waals surface area contributed by atoms with Gasteiger partial charge in [-0.25, -0.2) is 0 Å². The summed E-state index contributed by atoms with van der Waals surface area (Å²) in [7, 11) is 0. The molecule has 16 heavy (non-hydrogen) atoms. The van der Waals surface area contributed by atoms with Gasteiger partial charge in [0, 0.05) is 0 Å². The Kier molecular flexibility index (Phi) is 8.81. The Labute approximate surface area is 115 Å². The molecule has 4 atom stereocenters. The fourth-order valence-corrected chi connectivity index (χ4v) is 1.08. The van der Waals surface area contributed by atoms with Crippen LogP contribution in [0.3, 0.4) is 0 Å². The van der Waals surface area contributed by atoms with Gasteiger partial charge in [-0.15, -0.1) is 0 Å². The molecule has 90 valence electrons. The van der Waals surface area contributed by atoms with E-state index < -0.39 is 42.9 Å². The molecule has 0 saturated carbocycles. The van der Waals surface area contributed by atoms with Crippen LogP contribution in [0.4, 0.5) is 0 Å². The molecule has 0 aromatic rings. The second kappa shape index (κ2) is 7.57. The van der Waals surface area contributed by atoms with Crippen molar-refractivity contribution in [1.29, 1.82) is 0 Å². The maximum atomic E-state index is 10.5. The van der Waals surface area contributed by atoms with Crippen LogP contribution in [0.5, 0.6) is 0 Å². The number of hydrogen-bond acceptors (Lipinski definition) is 7. The Morgan fingerprint density at radius 2 is 1.81 bits per heavy atom. The van der Waals surface area contributed by atoms with E-state index in [0.717, 1.165) is 0 Å². The summed E-state index contributed by atoms with van der Waals surface area (Å²) in [6, 6.07) is 0. The number of hydrogen-bond donors (Lipinski definition) is 5. The number of carboxylic acid groups (broad SMARTS) is 1. The van der Waals surface area contributed by atoms with Crippen molar-refractivity contribution in [3.63, 3.8) is 0 Å². The van der Waals surface area contributed by atoms with Crippen LogP contribution < -0.4 is 34.7 Å². The van der Waals surface area contributed by atoms with Gasteiger partial charge in [0.1, 0.15) is 23.9 Å². The van der Waals surface area contributed by atoms with Crippen LogP contribution in [-0.4, -0.2) is 62.0 Å². The molecule has 0 aromatic heterocycles. The maximum Gasteiger partial charge on any atom is 1.00 e. The number of aliphatic carboxylic acids is 1. The van der Waals surface area contributed by atoms with Crippen LogP contribution in [0.2, 0.25) is 0 Å². The molecular weight excluding hydrogens is 231 g/mol. The third-order valence-corrected chi connectivity index (χ3v) is 2.29. The van der Waals surface area contributed by atoms with Gasteiger partial charge in [-0.2, -0.15) is 0 Å². The quantitative estimate of drug-likeness (QED) is 0.293. The molecule has 0 aromatic carbocycles. The Balaban J connectivity index is 0. The van der Waals surface area contributed by atoms with Gasteiger partial charge in [0.25, 0.3) is 0 Å². The largest absolute Gasteiger partial charge is 1.00 e. The van der Waals surface area contributed by atoms with Crippen molar-refractivity contribution in [3.8, 4) is 0 Å². The molecule has 0 heterocycles. The van der Waals surface area contributed by atoms with E-state index in [9.17, 15) is 25.2 Å². The first kappa shape index (κ1) is 18.6. The van der Waals surface area contributed by atoms with Crippen LogP contribution in [0.1, 0.15) is 13.3 Å². The smallest absolute Gasteiger partial charge is 0.547 e. The first-order valence-corrected chi connectivity index (χ1v) is 4.40. The SMILES string of the molecule is CCC(O)(C(=O)[O-])C(O)C(O)C(O)CO.[Na+]. The van der Waals surface area contributed by atoms with Crippen molar-refractivity contribution in [3.05, 3.63) is 0 Å². The van der Waals surface area contributed by atoms with Gasteiger partial charge in [0.15, 0.2) is 0 Å². The predicted octanol–water partition coefficient (Wildman–Crippen LogP) is -7.04. The van der Waals surface area contributed by atoms with Gasteiger partial charge in [0.2, 0.25) is 0 Å². The predicted molar refractivity (Wildman–Crippen MR) is 45.4 cm³/mol. The third-order valence-electron chi connectivity index (χ3n) is 2.29. The molecule has 8 heteroatoms. The Morgan fingerprint density at radius 3 is 2.06 bits per heavy atom. The molecule has 0 amide bonds. The molecule has 0 aliphatic carbocycles. The average molecular weight is 246 g/mol. The van der Waals surface area contributed by atoms with E-state index in [0.29, 0.717) is 0 Å². The summed E-state index contributed by atoms with van der Waals surface area (Å²) in [5.41, 5.74) is -2.66. The summed E-state index contributed by atoms with van der Waals surface area (Å²) in [5, 5.41) is 55.9. The van der Waals surface area contributed by atoms with Crippen molar-refractivity contribution >= 4 is 5.97 Å². The second-order valence-corrected chi connectivity index (χ2v) is 3.25. The van der Waals surface area contributed by atoms with Crippen molar-refractivity contribution in [2.75, 3.05) is 6.61 Å². The van der Waals surface area contributed by atoms with E-state index in [2.05, 4.69) is 0 Å². The number of aliphatic hydroxyl groups is 5. The van der Waals surface area contributed by atoms with Gasteiger partial charge in [-0.05, 0) is 6.42 Å². The molecule has 0 rings (SSSR count). The maximum absolute atomic E-state index is 10.5. The van der Waals surface area contributed by atoms with E-state index in [4.69, 9.17) is 10.2 Å². The number of rotatable bonds is 6. The molecule has 4 unspecified atom stereocenters. The first-order valence-electron chi connectivity index (χ1n) is 4.40. The minimum atomic E-state index is -2.66. The molecule has 0 spiro atoms.